The third-order valence-corrected chi connectivity index (χ3v) is 1.89. The molecule has 0 atom stereocenters. The summed E-state index contributed by atoms with van der Waals surface area (Å²) in [5.74, 6) is 0.918. The number of nitrogens with one attached hydrogen (secondary N) is 3. The molecule has 0 rings (SSSR count). The molecule has 3 N–H and O–H groups in total. The lowest BCUT2D eigenvalue weighted by Crippen LogP contribution is -2.42. The first-order valence-electron chi connectivity index (χ1n) is 6.35. The summed E-state index contributed by atoms with van der Waals surface area (Å²) in [6, 6.07) is 0.737. The molecule has 0 aliphatic heterocycles. The average molecular weight is 228 g/mol. The number of guanidine groups is 1. The van der Waals surface area contributed by atoms with Crippen LogP contribution in [-0.2, 0) is 0 Å². The van der Waals surface area contributed by atoms with Gasteiger partial charge in [-0.1, -0.05) is 6.92 Å². The van der Waals surface area contributed by atoms with Gasteiger partial charge in [0, 0.05) is 18.6 Å². The molecule has 0 aromatic heterocycles. The number of rotatable bonds is 7. The molecule has 0 radical (unpaired) electrons. The molecule has 96 valence electrons. The summed E-state index contributed by atoms with van der Waals surface area (Å²) in [4.78, 5) is 4.51. The van der Waals surface area contributed by atoms with Gasteiger partial charge in [-0.15, -0.1) is 0 Å². The van der Waals surface area contributed by atoms with Gasteiger partial charge in [0.25, 0.3) is 0 Å². The molecule has 4 nitrogen and oxygen atoms in total. The number of nitrogens with zero attached hydrogens (tertiary/aromatic N) is 1. The third-order valence-electron chi connectivity index (χ3n) is 1.89. The van der Waals surface area contributed by atoms with Crippen LogP contribution in [0.1, 0.15) is 41.0 Å². The van der Waals surface area contributed by atoms with Crippen molar-refractivity contribution >= 4 is 5.96 Å². The van der Waals surface area contributed by atoms with E-state index >= 15 is 0 Å². The zero-order valence-corrected chi connectivity index (χ0v) is 11.4. The summed E-state index contributed by atoms with van der Waals surface area (Å²) in [7, 11) is 0. The van der Waals surface area contributed by atoms with Gasteiger partial charge in [-0.05, 0) is 47.2 Å². The van der Waals surface area contributed by atoms with E-state index in [4.69, 9.17) is 0 Å². The molecule has 16 heavy (non-hydrogen) atoms. The van der Waals surface area contributed by atoms with Crippen molar-refractivity contribution in [3.05, 3.63) is 0 Å². The molecule has 0 heterocycles. The first kappa shape index (κ1) is 15.2. The van der Waals surface area contributed by atoms with E-state index in [1.807, 2.05) is 0 Å². The van der Waals surface area contributed by atoms with Crippen molar-refractivity contribution in [1.82, 2.24) is 16.0 Å². The lowest BCUT2D eigenvalue weighted by Gasteiger charge is -2.16. The van der Waals surface area contributed by atoms with Crippen LogP contribution in [0, 0.1) is 0 Å². The molecule has 0 spiro atoms. The van der Waals surface area contributed by atoms with Gasteiger partial charge in [-0.2, -0.15) is 0 Å². The maximum absolute atomic E-state index is 4.51. The predicted molar refractivity (Wildman–Crippen MR) is 72.0 cm³/mol. The number of aliphatic imine (C=N–C) groups is 1. The van der Waals surface area contributed by atoms with Crippen molar-refractivity contribution in [3.63, 3.8) is 0 Å². The van der Waals surface area contributed by atoms with Gasteiger partial charge in [0.2, 0.25) is 0 Å². The minimum Gasteiger partial charge on any atom is -0.356 e. The van der Waals surface area contributed by atoms with Crippen LogP contribution < -0.4 is 16.0 Å². The van der Waals surface area contributed by atoms with Crippen LogP contribution >= 0.6 is 0 Å². The van der Waals surface area contributed by atoms with Gasteiger partial charge in [-0.3, -0.25) is 4.99 Å². The smallest absolute Gasteiger partial charge is 0.191 e. The zero-order chi connectivity index (χ0) is 12.4. The highest BCUT2D eigenvalue weighted by molar-refractivity contribution is 5.80. The predicted octanol–water partition coefficient (Wildman–Crippen LogP) is 1.34. The largest absolute Gasteiger partial charge is 0.356 e. The van der Waals surface area contributed by atoms with Gasteiger partial charge in [0.15, 0.2) is 5.96 Å². The normalized spacial score (nSPS) is 12.3. The van der Waals surface area contributed by atoms with Crippen LogP contribution in [0.3, 0.4) is 0 Å². The van der Waals surface area contributed by atoms with Crippen LogP contribution in [0.2, 0.25) is 0 Å². The van der Waals surface area contributed by atoms with Crippen molar-refractivity contribution in [1.29, 1.82) is 0 Å². The van der Waals surface area contributed by atoms with E-state index in [0.29, 0.717) is 12.1 Å². The first-order chi connectivity index (χ1) is 7.56. The SMILES string of the molecule is CCNCCCNC(=NC(C)C)NC(C)C. The van der Waals surface area contributed by atoms with E-state index < -0.39 is 0 Å². The van der Waals surface area contributed by atoms with E-state index in [9.17, 15) is 0 Å². The third kappa shape index (κ3) is 9.77. The van der Waals surface area contributed by atoms with Crippen molar-refractivity contribution < 1.29 is 0 Å². The molecule has 0 saturated carbocycles. The fourth-order valence-electron chi connectivity index (χ4n) is 1.26. The Hall–Kier alpha value is -0.770. The highest BCUT2D eigenvalue weighted by Gasteiger charge is 2.01. The van der Waals surface area contributed by atoms with Crippen molar-refractivity contribution in [2.75, 3.05) is 19.6 Å². The molecule has 4 heteroatoms. The summed E-state index contributed by atoms with van der Waals surface area (Å²) in [6.07, 6.45) is 1.12. The lowest BCUT2D eigenvalue weighted by molar-refractivity contribution is 0.638. The molecular formula is C12H28N4. The average Bonchev–Trinajstić information content (AvgIpc) is 2.15. The van der Waals surface area contributed by atoms with Crippen molar-refractivity contribution in [2.45, 2.75) is 53.1 Å². The topological polar surface area (TPSA) is 48.5 Å². The van der Waals surface area contributed by atoms with E-state index in [1.54, 1.807) is 0 Å². The molecule has 0 aromatic rings. The molecule has 0 amide bonds. The highest BCUT2D eigenvalue weighted by atomic mass is 15.2. The van der Waals surface area contributed by atoms with Gasteiger partial charge >= 0.3 is 0 Å². The Morgan fingerprint density at radius 2 is 1.81 bits per heavy atom. The summed E-state index contributed by atoms with van der Waals surface area (Å²) in [5, 5.41) is 9.96. The second-order valence-electron chi connectivity index (χ2n) is 4.50. The Bertz CT molecular complexity index is 187. The monoisotopic (exact) mass is 228 g/mol. The van der Waals surface area contributed by atoms with Gasteiger partial charge in [0.1, 0.15) is 0 Å². The molecule has 0 aliphatic carbocycles. The molecule has 0 fully saturated rings. The Balaban J connectivity index is 3.84. The lowest BCUT2D eigenvalue weighted by atomic mass is 10.4. The van der Waals surface area contributed by atoms with Gasteiger partial charge < -0.3 is 16.0 Å². The Kier molecular flexibility index (Phi) is 9.00. The van der Waals surface area contributed by atoms with Crippen LogP contribution in [0.5, 0.6) is 0 Å². The molecule has 0 aliphatic rings. The van der Waals surface area contributed by atoms with E-state index in [0.717, 1.165) is 32.0 Å². The second kappa shape index (κ2) is 9.46. The Labute approximate surface area is 100 Å². The van der Waals surface area contributed by atoms with E-state index in [2.05, 4.69) is 55.6 Å². The first-order valence-corrected chi connectivity index (χ1v) is 6.35. The maximum Gasteiger partial charge on any atom is 0.191 e. The van der Waals surface area contributed by atoms with E-state index in [1.165, 1.54) is 0 Å². The maximum atomic E-state index is 4.51. The van der Waals surface area contributed by atoms with Crippen LogP contribution in [-0.4, -0.2) is 37.7 Å². The summed E-state index contributed by atoms with van der Waals surface area (Å²) in [6.45, 7) is 13.6. The Morgan fingerprint density at radius 3 is 2.31 bits per heavy atom. The van der Waals surface area contributed by atoms with Gasteiger partial charge in [0.05, 0.1) is 0 Å². The molecular weight excluding hydrogens is 200 g/mol. The van der Waals surface area contributed by atoms with Crippen LogP contribution in [0.4, 0.5) is 0 Å². The molecule has 0 saturated heterocycles. The summed E-state index contributed by atoms with van der Waals surface area (Å²) >= 11 is 0. The minimum absolute atomic E-state index is 0.322. The molecule has 0 unspecified atom stereocenters. The quantitative estimate of drug-likeness (QED) is 0.350. The number of hydrogen-bond acceptors (Lipinski definition) is 2. The van der Waals surface area contributed by atoms with E-state index in [-0.39, 0.29) is 0 Å². The van der Waals surface area contributed by atoms with Crippen molar-refractivity contribution in [2.24, 2.45) is 4.99 Å². The number of hydrogen-bond donors (Lipinski definition) is 3. The fraction of sp³-hybridized carbons (Fsp3) is 0.917. The second-order valence-corrected chi connectivity index (χ2v) is 4.50. The minimum atomic E-state index is 0.322. The molecule has 0 bridgehead atoms. The summed E-state index contributed by atoms with van der Waals surface area (Å²) < 4.78 is 0. The van der Waals surface area contributed by atoms with Crippen LogP contribution in [0.15, 0.2) is 4.99 Å². The standard InChI is InChI=1S/C12H28N4/c1-6-13-8-7-9-14-12(15-10(2)3)16-11(4)5/h10-11,13H,6-9H2,1-5H3,(H2,14,15,16). The van der Waals surface area contributed by atoms with Crippen molar-refractivity contribution in [3.8, 4) is 0 Å². The Morgan fingerprint density at radius 1 is 1.12 bits per heavy atom. The molecule has 0 aromatic carbocycles. The van der Waals surface area contributed by atoms with Gasteiger partial charge in [-0.25, -0.2) is 0 Å². The fourth-order valence-corrected chi connectivity index (χ4v) is 1.26. The van der Waals surface area contributed by atoms with Crippen LogP contribution in [0.25, 0.3) is 0 Å². The highest BCUT2D eigenvalue weighted by Crippen LogP contribution is 1.87. The summed E-state index contributed by atoms with van der Waals surface area (Å²) in [5.41, 5.74) is 0. The zero-order valence-electron chi connectivity index (χ0n) is 11.4.